The topological polar surface area (TPSA) is 21.3 Å². The van der Waals surface area contributed by atoms with Gasteiger partial charge in [0.15, 0.2) is 0 Å². The summed E-state index contributed by atoms with van der Waals surface area (Å²) in [4.78, 5) is 0. The molecule has 1 N–H and O–H groups in total. The highest BCUT2D eigenvalue weighted by atomic mass is 16.5. The summed E-state index contributed by atoms with van der Waals surface area (Å²) in [6.07, 6.45) is 6.91. The van der Waals surface area contributed by atoms with Crippen LogP contribution in [0.15, 0.2) is 24.3 Å². The molecule has 2 fully saturated rings. The first-order valence-electron chi connectivity index (χ1n) is 7.22. The molecule has 98 valence electrons. The quantitative estimate of drug-likeness (QED) is 0.830. The number of methoxy groups -OCH3 is 1. The predicted octanol–water partition coefficient (Wildman–Crippen LogP) is 3.33. The van der Waals surface area contributed by atoms with E-state index in [0.29, 0.717) is 0 Å². The van der Waals surface area contributed by atoms with Gasteiger partial charge in [-0.25, -0.2) is 0 Å². The normalized spacial score (nSPS) is 26.7. The van der Waals surface area contributed by atoms with Gasteiger partial charge in [-0.3, -0.25) is 0 Å². The Balaban J connectivity index is 1.42. The zero-order chi connectivity index (χ0) is 12.4. The van der Waals surface area contributed by atoms with E-state index in [9.17, 15) is 0 Å². The van der Waals surface area contributed by atoms with Crippen molar-refractivity contribution in [2.24, 2.45) is 5.92 Å². The van der Waals surface area contributed by atoms with Gasteiger partial charge in [0.05, 0.1) is 7.11 Å². The molecule has 0 saturated heterocycles. The van der Waals surface area contributed by atoms with Gasteiger partial charge >= 0.3 is 0 Å². The Hall–Kier alpha value is -1.02. The second-order valence-electron chi connectivity index (χ2n) is 5.83. The van der Waals surface area contributed by atoms with Crippen LogP contribution in [0.3, 0.4) is 0 Å². The van der Waals surface area contributed by atoms with Crippen molar-refractivity contribution in [3.05, 3.63) is 29.8 Å². The minimum absolute atomic E-state index is 0.735. The third-order valence-electron chi connectivity index (χ3n) is 4.39. The lowest BCUT2D eigenvalue weighted by atomic mass is 9.76. The van der Waals surface area contributed by atoms with E-state index in [-0.39, 0.29) is 0 Å². The highest BCUT2D eigenvalue weighted by Crippen LogP contribution is 2.38. The van der Waals surface area contributed by atoms with Crippen LogP contribution < -0.4 is 10.1 Å². The summed E-state index contributed by atoms with van der Waals surface area (Å²) in [5, 5.41) is 3.69. The van der Waals surface area contributed by atoms with Crippen LogP contribution in [0.25, 0.3) is 0 Å². The summed E-state index contributed by atoms with van der Waals surface area (Å²) < 4.78 is 5.28. The Morgan fingerprint density at radius 3 is 2.83 bits per heavy atom. The summed E-state index contributed by atoms with van der Waals surface area (Å²) in [6, 6.07) is 9.29. The average Bonchev–Trinajstić information content (AvgIpc) is 3.16. The second-order valence-corrected chi connectivity index (χ2v) is 5.83. The van der Waals surface area contributed by atoms with Crippen molar-refractivity contribution in [3.8, 4) is 5.75 Å². The van der Waals surface area contributed by atoms with Gasteiger partial charge in [-0.15, -0.1) is 0 Å². The molecule has 3 rings (SSSR count). The summed E-state index contributed by atoms with van der Waals surface area (Å²) in [6.45, 7) is 1.22. The lowest BCUT2D eigenvalue weighted by molar-refractivity contribution is 0.288. The van der Waals surface area contributed by atoms with Crippen molar-refractivity contribution in [1.29, 1.82) is 0 Å². The van der Waals surface area contributed by atoms with E-state index in [4.69, 9.17) is 4.74 Å². The first-order chi connectivity index (χ1) is 8.85. The second kappa shape index (κ2) is 5.31. The van der Waals surface area contributed by atoms with Gasteiger partial charge in [-0.1, -0.05) is 25.0 Å². The minimum Gasteiger partial charge on any atom is -0.497 e. The van der Waals surface area contributed by atoms with Gasteiger partial charge in [0.25, 0.3) is 0 Å². The molecular formula is C16H23NO. The molecule has 0 amide bonds. The molecule has 2 aliphatic rings. The van der Waals surface area contributed by atoms with Crippen LogP contribution in [0.4, 0.5) is 0 Å². The van der Waals surface area contributed by atoms with Gasteiger partial charge in [-0.05, 0) is 55.3 Å². The lowest BCUT2D eigenvalue weighted by Crippen LogP contribution is -2.40. The molecule has 2 aliphatic carbocycles. The summed E-state index contributed by atoms with van der Waals surface area (Å²) in [7, 11) is 1.74. The number of nitrogens with one attached hydrogen (secondary N) is 1. The predicted molar refractivity (Wildman–Crippen MR) is 74.1 cm³/mol. The lowest BCUT2D eigenvalue weighted by Gasteiger charge is -2.36. The number of ether oxygens (including phenoxy) is 1. The molecule has 0 aromatic heterocycles. The van der Waals surface area contributed by atoms with Crippen LogP contribution in [0, 0.1) is 5.92 Å². The zero-order valence-corrected chi connectivity index (χ0v) is 11.2. The molecule has 0 spiro atoms. The maximum absolute atomic E-state index is 5.28. The van der Waals surface area contributed by atoms with Crippen molar-refractivity contribution in [1.82, 2.24) is 5.32 Å². The smallest absolute Gasteiger partial charge is 0.119 e. The number of benzene rings is 1. The van der Waals surface area contributed by atoms with Crippen LogP contribution in [0.1, 0.15) is 43.6 Å². The van der Waals surface area contributed by atoms with Crippen LogP contribution in [0.5, 0.6) is 5.75 Å². The van der Waals surface area contributed by atoms with Crippen LogP contribution in [-0.4, -0.2) is 19.7 Å². The minimum atomic E-state index is 0.735. The van der Waals surface area contributed by atoms with Crippen molar-refractivity contribution in [2.75, 3.05) is 13.7 Å². The van der Waals surface area contributed by atoms with E-state index < -0.39 is 0 Å². The maximum Gasteiger partial charge on any atom is 0.119 e. The van der Waals surface area contributed by atoms with E-state index in [2.05, 4.69) is 23.5 Å². The highest BCUT2D eigenvalue weighted by Gasteiger charge is 2.30. The van der Waals surface area contributed by atoms with Gasteiger partial charge in [-0.2, -0.15) is 0 Å². The molecule has 18 heavy (non-hydrogen) atoms. The van der Waals surface area contributed by atoms with Crippen molar-refractivity contribution in [3.63, 3.8) is 0 Å². The maximum atomic E-state index is 5.28. The van der Waals surface area contributed by atoms with Crippen molar-refractivity contribution < 1.29 is 4.74 Å². The van der Waals surface area contributed by atoms with E-state index in [1.165, 1.54) is 44.2 Å². The zero-order valence-electron chi connectivity index (χ0n) is 11.2. The third-order valence-corrected chi connectivity index (χ3v) is 4.39. The molecule has 0 atom stereocenters. The summed E-state index contributed by atoms with van der Waals surface area (Å²) >= 11 is 0. The van der Waals surface area contributed by atoms with Crippen LogP contribution in [-0.2, 0) is 0 Å². The van der Waals surface area contributed by atoms with Gasteiger partial charge in [0.1, 0.15) is 5.75 Å². The number of hydrogen-bond donors (Lipinski definition) is 1. The standard InChI is InChI=1S/C16H23NO/c1-18-16-4-2-3-13(11-16)14-9-15(10-14)17-8-7-12-5-6-12/h2-4,11-12,14-15,17H,5-10H2,1H3. The molecule has 2 heteroatoms. The fourth-order valence-electron chi connectivity index (χ4n) is 2.85. The number of hydrogen-bond acceptors (Lipinski definition) is 2. The first kappa shape index (κ1) is 12.0. The molecule has 1 aromatic rings. The third kappa shape index (κ3) is 2.86. The molecule has 0 bridgehead atoms. The molecule has 0 aliphatic heterocycles. The Morgan fingerprint density at radius 1 is 1.28 bits per heavy atom. The van der Waals surface area contributed by atoms with E-state index >= 15 is 0 Å². The van der Waals surface area contributed by atoms with Crippen LogP contribution >= 0.6 is 0 Å². The molecule has 2 saturated carbocycles. The highest BCUT2D eigenvalue weighted by molar-refractivity contribution is 5.32. The monoisotopic (exact) mass is 245 g/mol. The first-order valence-corrected chi connectivity index (χ1v) is 7.22. The Morgan fingerprint density at radius 2 is 2.11 bits per heavy atom. The van der Waals surface area contributed by atoms with E-state index in [0.717, 1.165) is 23.6 Å². The SMILES string of the molecule is COc1cccc(C2CC(NCCC3CC3)C2)c1. The van der Waals surface area contributed by atoms with Crippen molar-refractivity contribution >= 4 is 0 Å². The molecule has 2 nitrogen and oxygen atoms in total. The molecular weight excluding hydrogens is 222 g/mol. The summed E-state index contributed by atoms with van der Waals surface area (Å²) in [5.41, 5.74) is 1.44. The number of rotatable bonds is 6. The fourth-order valence-corrected chi connectivity index (χ4v) is 2.85. The molecule has 0 radical (unpaired) electrons. The fraction of sp³-hybridized carbons (Fsp3) is 0.625. The Bertz CT molecular complexity index is 394. The molecule has 1 aromatic carbocycles. The van der Waals surface area contributed by atoms with E-state index in [1.54, 1.807) is 7.11 Å². The summed E-state index contributed by atoms with van der Waals surface area (Å²) in [5.74, 6) is 2.77. The van der Waals surface area contributed by atoms with E-state index in [1.807, 2.05) is 6.07 Å². The Labute approximate surface area is 110 Å². The Kier molecular flexibility index (Phi) is 3.55. The average molecular weight is 245 g/mol. The van der Waals surface area contributed by atoms with Crippen molar-refractivity contribution in [2.45, 2.75) is 44.1 Å². The van der Waals surface area contributed by atoms with Gasteiger partial charge in [0, 0.05) is 6.04 Å². The molecule has 0 unspecified atom stereocenters. The van der Waals surface area contributed by atoms with Gasteiger partial charge < -0.3 is 10.1 Å². The van der Waals surface area contributed by atoms with Gasteiger partial charge in [0.2, 0.25) is 0 Å². The molecule has 0 heterocycles. The van der Waals surface area contributed by atoms with Crippen LogP contribution in [0.2, 0.25) is 0 Å². The largest absolute Gasteiger partial charge is 0.497 e.